The lowest BCUT2D eigenvalue weighted by Gasteiger charge is -2.48. The van der Waals surface area contributed by atoms with E-state index in [0.717, 1.165) is 59.2 Å². The molecule has 10 fully saturated rings. The molecular formula is C63H114. The third-order valence-corrected chi connectivity index (χ3v) is 21.3. The molecule has 0 amide bonds. The van der Waals surface area contributed by atoms with Gasteiger partial charge in [0.05, 0.1) is 0 Å². The highest BCUT2D eigenvalue weighted by atomic mass is 14.5. The Morgan fingerprint density at radius 1 is 0.190 bits per heavy atom. The van der Waals surface area contributed by atoms with Crippen LogP contribution in [0.3, 0.4) is 0 Å². The Hall–Kier alpha value is 0. The van der Waals surface area contributed by atoms with Gasteiger partial charge in [-0.15, -0.1) is 0 Å². The lowest BCUT2D eigenvalue weighted by molar-refractivity contribution is 0.0278. The van der Waals surface area contributed by atoms with E-state index in [1.807, 2.05) is 0 Å². The lowest BCUT2D eigenvalue weighted by atomic mass is 9.58. The molecule has 0 aromatic carbocycles. The van der Waals surface area contributed by atoms with Crippen molar-refractivity contribution in [2.45, 2.75) is 327 Å². The summed E-state index contributed by atoms with van der Waals surface area (Å²) in [6, 6.07) is 0. The molecule has 7 atom stereocenters. The monoisotopic (exact) mass is 871 g/mol. The highest BCUT2D eigenvalue weighted by Crippen LogP contribution is 2.51. The zero-order valence-electron chi connectivity index (χ0n) is 43.0. The second-order valence-electron chi connectivity index (χ2n) is 25.8. The summed E-state index contributed by atoms with van der Waals surface area (Å²) in [6.45, 7) is 0. The van der Waals surface area contributed by atoms with Crippen molar-refractivity contribution >= 4 is 0 Å². The molecular weight excluding hydrogens is 757 g/mol. The third-order valence-electron chi connectivity index (χ3n) is 21.3. The van der Waals surface area contributed by atoms with Crippen LogP contribution in [0.25, 0.3) is 0 Å². The summed E-state index contributed by atoms with van der Waals surface area (Å²) >= 11 is 0. The van der Waals surface area contributed by atoms with Crippen molar-refractivity contribution in [2.75, 3.05) is 0 Å². The zero-order chi connectivity index (χ0) is 43.0. The molecule has 0 spiro atoms. The molecule has 10 saturated carbocycles. The molecule has 10 aliphatic carbocycles. The maximum atomic E-state index is 1.61. The molecule has 10 rings (SSSR count). The van der Waals surface area contributed by atoms with Crippen molar-refractivity contribution < 1.29 is 0 Å². The quantitative estimate of drug-likeness (QED) is 0.171. The fourth-order valence-corrected chi connectivity index (χ4v) is 17.5. The smallest absolute Gasteiger partial charge is 0.0355 e. The summed E-state index contributed by atoms with van der Waals surface area (Å²) in [7, 11) is 0. The van der Waals surface area contributed by atoms with Crippen LogP contribution in [0.15, 0.2) is 0 Å². The Bertz CT molecular complexity index is 1030. The Labute approximate surface area is 396 Å². The van der Waals surface area contributed by atoms with Crippen molar-refractivity contribution in [3.63, 3.8) is 0 Å². The van der Waals surface area contributed by atoms with Gasteiger partial charge < -0.3 is 0 Å². The van der Waals surface area contributed by atoms with Gasteiger partial charge in [0.25, 0.3) is 0 Å². The SMILES string of the molecule is C1CCC(CC2CCC3CCCCC3C2)CC1.C1CCC(CCCC2CCCCC2)CC1.C1CCC(CCCCCC2CCCCC2)CC1.C1CCC2C(C1)CCC1CCCCC12. The second kappa shape index (κ2) is 30.5. The maximum Gasteiger partial charge on any atom is -0.0355 e. The molecule has 0 N–H and O–H groups in total. The topological polar surface area (TPSA) is 0 Å². The van der Waals surface area contributed by atoms with Gasteiger partial charge in [-0.2, -0.15) is 0 Å². The molecule has 0 nitrogen and oxygen atoms in total. The standard InChI is InChI=1S/C17H30.C17H32.C15H28.C14H24/c1-2-6-14(7-3-1)12-15-10-11-16-8-4-5-9-17(16)13-15;1-4-10-16(11-5-1)14-8-3-9-15-17-12-6-2-7-13-17;1-3-8-14(9-4-1)12-7-13-15-10-5-2-6-11-15;1-3-7-13-11(5-1)9-10-12-6-2-4-8-14(12)13/h14-17H,1-13H2;16-17H,1-15H2;14-15H,1-13H2;11-14H,1-10H2. The fraction of sp³-hybridized carbons (Fsp3) is 1.00. The third kappa shape index (κ3) is 18.8. The highest BCUT2D eigenvalue weighted by molar-refractivity contribution is 4.91. The summed E-state index contributed by atoms with van der Waals surface area (Å²) in [5.74, 6) is 13.6. The van der Waals surface area contributed by atoms with Crippen LogP contribution in [0.2, 0.25) is 0 Å². The molecule has 0 aromatic rings. The highest BCUT2D eigenvalue weighted by Gasteiger charge is 2.41. The molecule has 0 heterocycles. The van der Waals surface area contributed by atoms with Crippen LogP contribution in [0.4, 0.5) is 0 Å². The minimum Gasteiger partial charge on any atom is -0.0533 e. The summed E-state index contributed by atoms with van der Waals surface area (Å²) in [5, 5.41) is 0. The first-order valence-electron chi connectivity index (χ1n) is 31.3. The van der Waals surface area contributed by atoms with E-state index in [9.17, 15) is 0 Å². The van der Waals surface area contributed by atoms with Crippen LogP contribution in [0.5, 0.6) is 0 Å². The van der Waals surface area contributed by atoms with Crippen LogP contribution in [0, 0.1) is 71.0 Å². The molecule has 0 aliphatic heterocycles. The fourth-order valence-electron chi connectivity index (χ4n) is 17.5. The average molecular weight is 872 g/mol. The van der Waals surface area contributed by atoms with Gasteiger partial charge >= 0.3 is 0 Å². The minimum absolute atomic E-state index is 1.11. The van der Waals surface area contributed by atoms with Gasteiger partial charge in [-0.25, -0.2) is 0 Å². The van der Waals surface area contributed by atoms with Crippen LogP contribution in [0.1, 0.15) is 327 Å². The molecule has 7 unspecified atom stereocenters. The van der Waals surface area contributed by atoms with Crippen molar-refractivity contribution in [3.8, 4) is 0 Å². The summed E-state index contributed by atoms with van der Waals surface area (Å²) in [4.78, 5) is 0. The van der Waals surface area contributed by atoms with E-state index in [2.05, 4.69) is 0 Å². The zero-order valence-corrected chi connectivity index (χ0v) is 43.0. The van der Waals surface area contributed by atoms with Crippen molar-refractivity contribution in [2.24, 2.45) is 71.0 Å². The number of fused-ring (bicyclic) bond motifs is 4. The van der Waals surface area contributed by atoms with Gasteiger partial charge in [0.1, 0.15) is 0 Å². The lowest BCUT2D eigenvalue weighted by Crippen LogP contribution is -2.38. The Kier molecular flexibility index (Phi) is 24.6. The van der Waals surface area contributed by atoms with Gasteiger partial charge in [-0.1, -0.05) is 283 Å². The molecule has 10 aliphatic rings. The molecule has 63 heavy (non-hydrogen) atoms. The number of unbranched alkanes of at least 4 members (excludes halogenated alkanes) is 2. The van der Waals surface area contributed by atoms with Gasteiger partial charge in [-0.05, 0) is 116 Å². The van der Waals surface area contributed by atoms with Crippen molar-refractivity contribution in [1.29, 1.82) is 0 Å². The predicted molar refractivity (Wildman–Crippen MR) is 277 cm³/mol. The normalized spacial score (nSPS) is 34.0. The summed E-state index contributed by atoms with van der Waals surface area (Å²) in [5.41, 5.74) is 0. The van der Waals surface area contributed by atoms with Crippen LogP contribution in [-0.2, 0) is 0 Å². The minimum atomic E-state index is 1.11. The van der Waals surface area contributed by atoms with Gasteiger partial charge in [0.15, 0.2) is 0 Å². The Morgan fingerprint density at radius 3 is 0.937 bits per heavy atom. The largest absolute Gasteiger partial charge is 0.0533 e. The van der Waals surface area contributed by atoms with E-state index in [1.165, 1.54) is 147 Å². The first-order chi connectivity index (χ1) is 31.3. The molecule has 0 aromatic heterocycles. The summed E-state index contributed by atoms with van der Waals surface area (Å²) < 4.78 is 0. The first-order valence-corrected chi connectivity index (χ1v) is 31.3. The molecule has 0 bridgehead atoms. The maximum absolute atomic E-state index is 1.61. The Morgan fingerprint density at radius 2 is 0.508 bits per heavy atom. The molecule has 0 heteroatoms. The van der Waals surface area contributed by atoms with E-state index in [4.69, 9.17) is 0 Å². The second-order valence-corrected chi connectivity index (χ2v) is 25.8. The van der Waals surface area contributed by atoms with Crippen molar-refractivity contribution in [1.82, 2.24) is 0 Å². The van der Waals surface area contributed by atoms with Gasteiger partial charge in [0, 0.05) is 0 Å². The number of hydrogen-bond acceptors (Lipinski definition) is 0. The first kappa shape index (κ1) is 50.9. The number of hydrogen-bond donors (Lipinski definition) is 0. The van der Waals surface area contributed by atoms with E-state index < -0.39 is 0 Å². The number of rotatable bonds is 12. The van der Waals surface area contributed by atoms with Crippen molar-refractivity contribution in [3.05, 3.63) is 0 Å². The predicted octanol–water partition coefficient (Wildman–Crippen LogP) is 21.4. The van der Waals surface area contributed by atoms with E-state index in [-0.39, 0.29) is 0 Å². The molecule has 0 saturated heterocycles. The molecule has 366 valence electrons. The van der Waals surface area contributed by atoms with Crippen LogP contribution < -0.4 is 0 Å². The Balaban J connectivity index is 0.000000126. The van der Waals surface area contributed by atoms with E-state index in [1.54, 1.807) is 193 Å². The van der Waals surface area contributed by atoms with Crippen LogP contribution >= 0.6 is 0 Å². The van der Waals surface area contributed by atoms with Gasteiger partial charge in [0.2, 0.25) is 0 Å². The van der Waals surface area contributed by atoms with Crippen LogP contribution in [-0.4, -0.2) is 0 Å². The van der Waals surface area contributed by atoms with E-state index >= 15 is 0 Å². The van der Waals surface area contributed by atoms with E-state index in [0.29, 0.717) is 0 Å². The average Bonchev–Trinajstić information content (AvgIpc) is 3.36. The van der Waals surface area contributed by atoms with Gasteiger partial charge in [-0.3, -0.25) is 0 Å². The summed E-state index contributed by atoms with van der Waals surface area (Å²) in [6.07, 6.45) is 78.9. The molecule has 0 radical (unpaired) electrons.